The van der Waals surface area contributed by atoms with E-state index < -0.39 is 5.97 Å². The number of methoxy groups -OCH3 is 1. The molecule has 1 amide bonds. The lowest BCUT2D eigenvalue weighted by Crippen LogP contribution is -2.33. The number of benzene rings is 2. The van der Waals surface area contributed by atoms with Crippen LogP contribution in [-0.4, -0.2) is 42.5 Å². The van der Waals surface area contributed by atoms with Gasteiger partial charge in [-0.15, -0.1) is 0 Å². The van der Waals surface area contributed by atoms with Gasteiger partial charge in [-0.05, 0) is 43.7 Å². The molecule has 1 aromatic heterocycles. The zero-order chi connectivity index (χ0) is 21.0. The second-order valence-corrected chi connectivity index (χ2v) is 6.85. The number of carbonyl (C=O) groups excluding carboxylic acids is 2. The Morgan fingerprint density at radius 3 is 2.52 bits per heavy atom. The zero-order valence-corrected chi connectivity index (χ0v) is 17.0. The minimum absolute atomic E-state index is 0.126. The van der Waals surface area contributed by atoms with Crippen LogP contribution in [0.25, 0.3) is 10.9 Å². The molecule has 3 aromatic rings. The van der Waals surface area contributed by atoms with E-state index in [0.717, 1.165) is 16.5 Å². The Morgan fingerprint density at radius 2 is 1.83 bits per heavy atom. The van der Waals surface area contributed by atoms with Crippen molar-refractivity contribution in [1.29, 1.82) is 0 Å². The first-order chi connectivity index (χ1) is 13.9. The Balaban J connectivity index is 1.70. The maximum atomic E-state index is 12.6. The van der Waals surface area contributed by atoms with Gasteiger partial charge in [0.2, 0.25) is 0 Å². The van der Waals surface area contributed by atoms with E-state index >= 15 is 0 Å². The average Bonchev–Trinajstić information content (AvgIpc) is 2.75. The number of likely N-dealkylation sites (N-methyl/N-ethyl adjacent to an activating group) is 1. The lowest BCUT2D eigenvalue weighted by Gasteiger charge is -2.25. The van der Waals surface area contributed by atoms with Crippen LogP contribution in [0, 0.1) is 6.92 Å². The standard InChI is InChI=1S/C23H24N2O4/c1-15-20(13-18-12-19(28-4)10-11-21(18)24-15)23(27)29-14-22(26)25(3)16(2)17-8-6-5-7-9-17/h5-13,16H,14H2,1-4H3. The van der Waals surface area contributed by atoms with Gasteiger partial charge in [0.15, 0.2) is 6.61 Å². The summed E-state index contributed by atoms with van der Waals surface area (Å²) in [6, 6.07) is 16.7. The van der Waals surface area contributed by atoms with Gasteiger partial charge in [0.05, 0.1) is 29.9 Å². The first kappa shape index (κ1) is 20.3. The second-order valence-electron chi connectivity index (χ2n) is 6.85. The van der Waals surface area contributed by atoms with Gasteiger partial charge in [-0.25, -0.2) is 4.79 Å². The van der Waals surface area contributed by atoms with Crippen molar-refractivity contribution < 1.29 is 19.1 Å². The van der Waals surface area contributed by atoms with E-state index in [1.165, 1.54) is 0 Å². The van der Waals surface area contributed by atoms with Crippen LogP contribution in [0.1, 0.15) is 34.6 Å². The minimum atomic E-state index is -0.575. The third kappa shape index (κ3) is 4.54. The molecule has 3 rings (SSSR count). The summed E-state index contributed by atoms with van der Waals surface area (Å²) in [7, 11) is 3.28. The lowest BCUT2D eigenvalue weighted by atomic mass is 10.1. The molecule has 1 unspecified atom stereocenters. The number of pyridine rings is 1. The van der Waals surface area contributed by atoms with Crippen LogP contribution in [-0.2, 0) is 9.53 Å². The Bertz CT molecular complexity index is 1030. The summed E-state index contributed by atoms with van der Waals surface area (Å²) in [4.78, 5) is 31.1. The predicted molar refractivity (Wildman–Crippen MR) is 111 cm³/mol. The van der Waals surface area contributed by atoms with Crippen molar-refractivity contribution in [3.63, 3.8) is 0 Å². The van der Waals surface area contributed by atoms with Crippen LogP contribution in [0.4, 0.5) is 0 Å². The number of fused-ring (bicyclic) bond motifs is 1. The van der Waals surface area contributed by atoms with Crippen LogP contribution in [0.5, 0.6) is 5.75 Å². The van der Waals surface area contributed by atoms with E-state index in [1.54, 1.807) is 38.1 Å². The maximum absolute atomic E-state index is 12.6. The van der Waals surface area contributed by atoms with Crippen LogP contribution >= 0.6 is 0 Å². The number of esters is 1. The van der Waals surface area contributed by atoms with E-state index in [4.69, 9.17) is 9.47 Å². The van der Waals surface area contributed by atoms with Crippen LogP contribution < -0.4 is 4.74 Å². The monoisotopic (exact) mass is 392 g/mol. The summed E-state index contributed by atoms with van der Waals surface area (Å²) in [6.07, 6.45) is 0. The summed E-state index contributed by atoms with van der Waals surface area (Å²) < 4.78 is 10.5. The number of rotatable bonds is 6. The molecule has 0 aliphatic rings. The fraction of sp³-hybridized carbons (Fsp3) is 0.261. The topological polar surface area (TPSA) is 68.7 Å². The van der Waals surface area contributed by atoms with E-state index in [-0.39, 0.29) is 18.6 Å². The number of amides is 1. The molecule has 0 radical (unpaired) electrons. The van der Waals surface area contributed by atoms with Crippen molar-refractivity contribution in [3.05, 3.63) is 71.4 Å². The molecule has 2 aromatic carbocycles. The number of hydrogen-bond donors (Lipinski definition) is 0. The SMILES string of the molecule is COc1ccc2nc(C)c(C(=O)OCC(=O)N(C)C(C)c3ccccc3)cc2c1. The Morgan fingerprint density at radius 1 is 1.10 bits per heavy atom. The molecule has 6 heteroatoms. The first-order valence-corrected chi connectivity index (χ1v) is 9.34. The molecular formula is C23H24N2O4. The molecule has 29 heavy (non-hydrogen) atoms. The van der Waals surface area contributed by atoms with Gasteiger partial charge in [0, 0.05) is 12.4 Å². The van der Waals surface area contributed by atoms with Gasteiger partial charge in [0.1, 0.15) is 5.75 Å². The average molecular weight is 392 g/mol. The third-order valence-corrected chi connectivity index (χ3v) is 5.02. The normalized spacial score (nSPS) is 11.7. The molecular weight excluding hydrogens is 368 g/mol. The number of aromatic nitrogens is 1. The molecule has 0 aliphatic heterocycles. The quantitative estimate of drug-likeness (QED) is 0.595. The summed E-state index contributed by atoms with van der Waals surface area (Å²) in [5.74, 6) is -0.175. The first-order valence-electron chi connectivity index (χ1n) is 9.34. The summed E-state index contributed by atoms with van der Waals surface area (Å²) >= 11 is 0. The lowest BCUT2D eigenvalue weighted by molar-refractivity contribution is -0.135. The van der Waals surface area contributed by atoms with E-state index in [9.17, 15) is 9.59 Å². The Kier molecular flexibility index (Phi) is 6.12. The molecule has 0 bridgehead atoms. The number of carbonyl (C=O) groups is 2. The van der Waals surface area contributed by atoms with Crippen molar-refractivity contribution in [2.24, 2.45) is 0 Å². The fourth-order valence-corrected chi connectivity index (χ4v) is 3.06. The minimum Gasteiger partial charge on any atom is -0.497 e. The number of hydrogen-bond acceptors (Lipinski definition) is 5. The highest BCUT2D eigenvalue weighted by Gasteiger charge is 2.20. The largest absolute Gasteiger partial charge is 0.497 e. The van der Waals surface area contributed by atoms with Gasteiger partial charge >= 0.3 is 5.97 Å². The van der Waals surface area contributed by atoms with Gasteiger partial charge in [0.25, 0.3) is 5.91 Å². The molecule has 0 saturated heterocycles. The number of ether oxygens (including phenoxy) is 2. The highest BCUT2D eigenvalue weighted by molar-refractivity contribution is 5.96. The van der Waals surface area contributed by atoms with Crippen LogP contribution in [0.15, 0.2) is 54.6 Å². The molecule has 0 saturated carbocycles. The van der Waals surface area contributed by atoms with E-state index in [1.807, 2.05) is 49.4 Å². The summed E-state index contributed by atoms with van der Waals surface area (Å²) in [6.45, 7) is 3.34. The molecule has 1 atom stereocenters. The highest BCUT2D eigenvalue weighted by Crippen LogP contribution is 2.23. The van der Waals surface area contributed by atoms with Crippen molar-refractivity contribution in [1.82, 2.24) is 9.88 Å². The second kappa shape index (κ2) is 8.73. The smallest absolute Gasteiger partial charge is 0.340 e. The van der Waals surface area contributed by atoms with Gasteiger partial charge in [-0.2, -0.15) is 0 Å². The molecule has 0 spiro atoms. The predicted octanol–water partition coefficient (Wildman–Crippen LogP) is 3.93. The van der Waals surface area contributed by atoms with E-state index in [0.29, 0.717) is 17.0 Å². The highest BCUT2D eigenvalue weighted by atomic mass is 16.5. The fourth-order valence-electron chi connectivity index (χ4n) is 3.06. The van der Waals surface area contributed by atoms with Crippen molar-refractivity contribution in [3.8, 4) is 5.75 Å². The van der Waals surface area contributed by atoms with Crippen LogP contribution in [0.2, 0.25) is 0 Å². The summed E-state index contributed by atoms with van der Waals surface area (Å²) in [5, 5.41) is 0.767. The molecule has 6 nitrogen and oxygen atoms in total. The van der Waals surface area contributed by atoms with Gasteiger partial charge in [-0.1, -0.05) is 30.3 Å². The molecule has 0 N–H and O–H groups in total. The number of aryl methyl sites for hydroxylation is 1. The molecule has 1 heterocycles. The van der Waals surface area contributed by atoms with Crippen molar-refractivity contribution in [2.45, 2.75) is 19.9 Å². The molecule has 0 aliphatic carbocycles. The summed E-state index contributed by atoms with van der Waals surface area (Å²) in [5.41, 5.74) is 2.65. The third-order valence-electron chi connectivity index (χ3n) is 5.02. The van der Waals surface area contributed by atoms with Crippen molar-refractivity contribution >= 4 is 22.8 Å². The van der Waals surface area contributed by atoms with Crippen LogP contribution in [0.3, 0.4) is 0 Å². The molecule has 0 fully saturated rings. The number of nitrogens with zero attached hydrogens (tertiary/aromatic N) is 2. The Labute approximate surface area is 170 Å². The Hall–Kier alpha value is -3.41. The van der Waals surface area contributed by atoms with Gasteiger partial charge in [-0.3, -0.25) is 9.78 Å². The zero-order valence-electron chi connectivity index (χ0n) is 17.0. The van der Waals surface area contributed by atoms with Gasteiger partial charge < -0.3 is 14.4 Å². The maximum Gasteiger partial charge on any atom is 0.340 e. The van der Waals surface area contributed by atoms with E-state index in [2.05, 4.69) is 4.98 Å². The molecule has 150 valence electrons. The van der Waals surface area contributed by atoms with Crippen molar-refractivity contribution in [2.75, 3.05) is 20.8 Å².